The molecule has 0 aromatic heterocycles. The topological polar surface area (TPSA) is 45.0 Å². The van der Waals surface area contributed by atoms with Crippen LogP contribution in [0.15, 0.2) is 54.6 Å². The van der Waals surface area contributed by atoms with E-state index in [9.17, 15) is 5.26 Å². The van der Waals surface area contributed by atoms with Crippen molar-refractivity contribution < 1.29 is 4.74 Å². The number of fused-ring (bicyclic) bond motifs is 1. The summed E-state index contributed by atoms with van der Waals surface area (Å²) in [4.78, 5) is 0. The molecular weight excluding hydrogens is 260 g/mol. The van der Waals surface area contributed by atoms with Crippen molar-refractivity contribution in [2.24, 2.45) is 5.92 Å². The van der Waals surface area contributed by atoms with Gasteiger partial charge in [-0.05, 0) is 11.6 Å². The van der Waals surface area contributed by atoms with Crippen molar-refractivity contribution in [2.45, 2.75) is 19.0 Å². The number of ether oxygens (including phenoxy) is 1. The van der Waals surface area contributed by atoms with E-state index in [0.717, 1.165) is 11.3 Å². The summed E-state index contributed by atoms with van der Waals surface area (Å²) in [6.07, 6.45) is 0. The highest BCUT2D eigenvalue weighted by molar-refractivity contribution is 5.45. The maximum absolute atomic E-state index is 9.87. The first-order valence-corrected chi connectivity index (χ1v) is 7.19. The molecule has 21 heavy (non-hydrogen) atoms. The van der Waals surface area contributed by atoms with Crippen molar-refractivity contribution in [2.75, 3.05) is 6.61 Å². The van der Waals surface area contributed by atoms with Gasteiger partial charge in [0.25, 0.3) is 0 Å². The van der Waals surface area contributed by atoms with Crippen LogP contribution in [0, 0.1) is 17.2 Å². The van der Waals surface area contributed by atoms with Gasteiger partial charge in [0.2, 0.25) is 0 Å². The van der Waals surface area contributed by atoms with Crippen molar-refractivity contribution in [3.8, 4) is 11.8 Å². The van der Waals surface area contributed by atoms with E-state index in [-0.39, 0.29) is 5.92 Å². The lowest BCUT2D eigenvalue weighted by Crippen LogP contribution is -2.50. The van der Waals surface area contributed by atoms with Crippen LogP contribution < -0.4 is 10.1 Å². The summed E-state index contributed by atoms with van der Waals surface area (Å²) in [5.41, 5.74) is 1.40. The number of hydrogen-bond acceptors (Lipinski definition) is 3. The molecule has 0 saturated carbocycles. The minimum atomic E-state index is -0.704. The van der Waals surface area contributed by atoms with E-state index in [1.165, 1.54) is 5.56 Å². The summed E-state index contributed by atoms with van der Waals surface area (Å²) in [5.74, 6) is 0.888. The largest absolute Gasteiger partial charge is 0.493 e. The van der Waals surface area contributed by atoms with E-state index in [2.05, 4.69) is 30.4 Å². The van der Waals surface area contributed by atoms with Gasteiger partial charge in [0.1, 0.15) is 11.3 Å². The second kappa shape index (κ2) is 5.59. The van der Waals surface area contributed by atoms with Crippen molar-refractivity contribution in [1.82, 2.24) is 5.32 Å². The van der Waals surface area contributed by atoms with Crippen LogP contribution in [0.25, 0.3) is 0 Å². The minimum Gasteiger partial charge on any atom is -0.493 e. The van der Waals surface area contributed by atoms with Gasteiger partial charge in [-0.1, -0.05) is 55.5 Å². The Kier molecular flexibility index (Phi) is 3.64. The predicted octanol–water partition coefficient (Wildman–Crippen LogP) is 3.22. The molecule has 2 atom stereocenters. The van der Waals surface area contributed by atoms with Gasteiger partial charge >= 0.3 is 0 Å². The van der Waals surface area contributed by atoms with Gasteiger partial charge in [-0.15, -0.1) is 0 Å². The highest BCUT2D eigenvalue weighted by Gasteiger charge is 2.43. The number of rotatable bonds is 3. The normalized spacial score (nSPS) is 23.7. The molecule has 2 aromatic carbocycles. The summed E-state index contributed by atoms with van der Waals surface area (Å²) in [6.45, 7) is 3.26. The second-order valence-electron chi connectivity index (χ2n) is 5.47. The van der Waals surface area contributed by atoms with Gasteiger partial charge in [0, 0.05) is 18.0 Å². The molecule has 0 aliphatic carbocycles. The summed E-state index contributed by atoms with van der Waals surface area (Å²) in [7, 11) is 0. The smallest absolute Gasteiger partial charge is 0.141 e. The summed E-state index contributed by atoms with van der Waals surface area (Å²) in [6, 6.07) is 20.4. The Balaban J connectivity index is 1.94. The second-order valence-corrected chi connectivity index (χ2v) is 5.47. The fourth-order valence-corrected chi connectivity index (χ4v) is 2.84. The maximum Gasteiger partial charge on any atom is 0.141 e. The fraction of sp³-hybridized carbons (Fsp3) is 0.278. The molecule has 3 nitrogen and oxygen atoms in total. The fourth-order valence-electron chi connectivity index (χ4n) is 2.84. The molecule has 2 unspecified atom stereocenters. The Hall–Kier alpha value is -2.31. The van der Waals surface area contributed by atoms with Gasteiger partial charge in [-0.3, -0.25) is 5.32 Å². The summed E-state index contributed by atoms with van der Waals surface area (Å²) >= 11 is 0. The summed E-state index contributed by atoms with van der Waals surface area (Å²) in [5, 5.41) is 13.3. The lowest BCUT2D eigenvalue weighted by Gasteiger charge is -2.39. The molecule has 106 valence electrons. The number of para-hydroxylation sites is 1. The average Bonchev–Trinajstić information content (AvgIpc) is 2.55. The number of nitrogens with one attached hydrogen (secondary N) is 1. The lowest BCUT2D eigenvalue weighted by atomic mass is 9.78. The third-order valence-corrected chi connectivity index (χ3v) is 4.13. The molecular formula is C18H18N2O. The third kappa shape index (κ3) is 2.39. The lowest BCUT2D eigenvalue weighted by molar-refractivity contribution is 0.149. The molecule has 0 radical (unpaired) electrons. The maximum atomic E-state index is 9.87. The minimum absolute atomic E-state index is 0.0844. The average molecular weight is 278 g/mol. The van der Waals surface area contributed by atoms with Crippen LogP contribution in [-0.2, 0) is 12.1 Å². The van der Waals surface area contributed by atoms with Crippen molar-refractivity contribution >= 4 is 0 Å². The number of nitriles is 1. The SMILES string of the molecule is CC1COc2ccccc2C1(C#N)NCc1ccccc1. The quantitative estimate of drug-likeness (QED) is 0.937. The predicted molar refractivity (Wildman–Crippen MR) is 81.7 cm³/mol. The van der Waals surface area contributed by atoms with Crippen molar-refractivity contribution in [3.63, 3.8) is 0 Å². The third-order valence-electron chi connectivity index (χ3n) is 4.13. The first kappa shape index (κ1) is 13.7. The molecule has 3 heteroatoms. The standard InChI is InChI=1S/C18H18N2O/c1-14-12-21-17-10-6-5-9-16(17)18(14,13-19)20-11-15-7-3-2-4-8-15/h2-10,14,20H,11-12H2,1H3. The molecule has 3 rings (SSSR count). The molecule has 0 spiro atoms. The molecule has 0 bridgehead atoms. The van der Waals surface area contributed by atoms with Crippen molar-refractivity contribution in [3.05, 3.63) is 65.7 Å². The zero-order chi connectivity index (χ0) is 14.7. The Morgan fingerprint density at radius 2 is 1.90 bits per heavy atom. The van der Waals surface area contributed by atoms with Gasteiger partial charge in [-0.2, -0.15) is 5.26 Å². The highest BCUT2D eigenvalue weighted by atomic mass is 16.5. The molecule has 1 heterocycles. The summed E-state index contributed by atoms with van der Waals surface area (Å²) < 4.78 is 5.75. The van der Waals surface area contributed by atoms with E-state index in [1.54, 1.807) is 0 Å². The van der Waals surface area contributed by atoms with Gasteiger partial charge in [0.05, 0.1) is 12.7 Å². The van der Waals surface area contributed by atoms with Crippen LogP contribution in [0.3, 0.4) is 0 Å². The van der Waals surface area contributed by atoms with E-state index < -0.39 is 5.54 Å². The zero-order valence-corrected chi connectivity index (χ0v) is 12.0. The van der Waals surface area contributed by atoms with Gasteiger partial charge in [-0.25, -0.2) is 0 Å². The van der Waals surface area contributed by atoms with Crippen LogP contribution in [0.1, 0.15) is 18.1 Å². The van der Waals surface area contributed by atoms with Gasteiger partial charge in [0.15, 0.2) is 0 Å². The molecule has 2 aromatic rings. The Bertz CT molecular complexity index is 662. The first-order valence-electron chi connectivity index (χ1n) is 7.19. The Morgan fingerprint density at radius 3 is 2.67 bits per heavy atom. The van der Waals surface area contributed by atoms with Crippen LogP contribution in [-0.4, -0.2) is 6.61 Å². The molecule has 1 N–H and O–H groups in total. The van der Waals surface area contributed by atoms with E-state index in [4.69, 9.17) is 4.74 Å². The van der Waals surface area contributed by atoms with E-state index in [0.29, 0.717) is 13.2 Å². The number of benzene rings is 2. The molecule has 0 fully saturated rings. The van der Waals surface area contributed by atoms with Crippen LogP contribution in [0.2, 0.25) is 0 Å². The molecule has 1 aliphatic heterocycles. The number of hydrogen-bond donors (Lipinski definition) is 1. The van der Waals surface area contributed by atoms with E-state index >= 15 is 0 Å². The van der Waals surface area contributed by atoms with Crippen molar-refractivity contribution in [1.29, 1.82) is 5.26 Å². The Labute approximate surface area is 125 Å². The van der Waals surface area contributed by atoms with Crippen LogP contribution in [0.5, 0.6) is 5.75 Å². The molecule has 0 amide bonds. The Morgan fingerprint density at radius 1 is 1.19 bits per heavy atom. The zero-order valence-electron chi connectivity index (χ0n) is 12.0. The number of nitrogens with zero attached hydrogens (tertiary/aromatic N) is 1. The molecule has 1 aliphatic rings. The van der Waals surface area contributed by atoms with Crippen LogP contribution in [0.4, 0.5) is 0 Å². The highest BCUT2D eigenvalue weighted by Crippen LogP contribution is 2.40. The monoisotopic (exact) mass is 278 g/mol. The first-order chi connectivity index (χ1) is 10.3. The van der Waals surface area contributed by atoms with Gasteiger partial charge < -0.3 is 4.74 Å². The van der Waals surface area contributed by atoms with Crippen LogP contribution >= 0.6 is 0 Å². The van der Waals surface area contributed by atoms with E-state index in [1.807, 2.05) is 42.5 Å². The molecule has 0 saturated heterocycles.